The molecule has 1 atom stereocenters. The fraction of sp³-hybridized carbons (Fsp3) is 1.00. The Hall–Kier alpha value is 0.270. The Balaban J connectivity index is 4.16. The van der Waals surface area contributed by atoms with E-state index in [9.17, 15) is 0 Å². The molecule has 0 aliphatic carbocycles. The van der Waals surface area contributed by atoms with Gasteiger partial charge in [0.1, 0.15) is 0 Å². The number of rotatable bonds is 13. The second-order valence-corrected chi connectivity index (χ2v) is 5.79. The number of unbranched alkanes of at least 4 members (excludes halogenated alkanes) is 5. The Kier molecular flexibility index (Phi) is 12.2. The first-order valence-electron chi connectivity index (χ1n) is 7.91. The molecule has 0 heterocycles. The van der Waals surface area contributed by atoms with E-state index in [1.54, 1.807) is 14.2 Å². The maximum Gasteiger partial charge on any atom is 0.170 e. The lowest BCUT2D eigenvalue weighted by atomic mass is 9.87. The Labute approximate surface area is 126 Å². The van der Waals surface area contributed by atoms with E-state index in [4.69, 9.17) is 9.47 Å². The first-order chi connectivity index (χ1) is 9.20. The summed E-state index contributed by atoms with van der Waals surface area (Å²) < 4.78 is 11.4. The van der Waals surface area contributed by atoms with E-state index in [2.05, 4.69) is 26.5 Å². The number of thiol groups is 1. The molecule has 1 unspecified atom stereocenters. The summed E-state index contributed by atoms with van der Waals surface area (Å²) in [5, 5.41) is 0. The number of hydrogen-bond acceptors (Lipinski definition) is 3. The van der Waals surface area contributed by atoms with Crippen LogP contribution in [-0.4, -0.2) is 25.8 Å². The summed E-state index contributed by atoms with van der Waals surface area (Å²) in [6.45, 7) is 4.40. The van der Waals surface area contributed by atoms with Gasteiger partial charge < -0.3 is 9.47 Å². The lowest BCUT2D eigenvalue weighted by molar-refractivity contribution is -0.243. The second-order valence-electron chi connectivity index (χ2n) is 5.34. The smallest absolute Gasteiger partial charge is 0.170 e. The number of ether oxygens (including phenoxy) is 2. The largest absolute Gasteiger partial charge is 0.353 e. The van der Waals surface area contributed by atoms with Crippen LogP contribution < -0.4 is 0 Å². The predicted molar refractivity (Wildman–Crippen MR) is 87.0 cm³/mol. The summed E-state index contributed by atoms with van der Waals surface area (Å²) >= 11 is 4.39. The SMILES string of the molecule is CCCCCCCCC(CCS)C(CC)(OC)OC. The van der Waals surface area contributed by atoms with Gasteiger partial charge in [-0.25, -0.2) is 0 Å². The molecule has 0 N–H and O–H groups in total. The number of methoxy groups -OCH3 is 2. The van der Waals surface area contributed by atoms with Gasteiger partial charge in [0.05, 0.1) is 0 Å². The second kappa shape index (κ2) is 12.0. The third-order valence-electron chi connectivity index (χ3n) is 4.19. The minimum absolute atomic E-state index is 0.411. The first-order valence-corrected chi connectivity index (χ1v) is 8.55. The molecule has 19 heavy (non-hydrogen) atoms. The molecule has 0 spiro atoms. The summed E-state index contributed by atoms with van der Waals surface area (Å²) in [4.78, 5) is 0. The van der Waals surface area contributed by atoms with Crippen LogP contribution in [0.3, 0.4) is 0 Å². The van der Waals surface area contributed by atoms with Crippen molar-refractivity contribution in [2.75, 3.05) is 20.0 Å². The van der Waals surface area contributed by atoms with Gasteiger partial charge in [0.25, 0.3) is 0 Å². The van der Waals surface area contributed by atoms with Crippen molar-refractivity contribution in [3.63, 3.8) is 0 Å². The fourth-order valence-electron chi connectivity index (χ4n) is 2.91. The van der Waals surface area contributed by atoms with Crippen LogP contribution in [0.15, 0.2) is 0 Å². The molecule has 0 amide bonds. The van der Waals surface area contributed by atoms with Crippen molar-refractivity contribution in [2.45, 2.75) is 77.4 Å². The Morgan fingerprint density at radius 1 is 0.895 bits per heavy atom. The fourth-order valence-corrected chi connectivity index (χ4v) is 3.22. The van der Waals surface area contributed by atoms with Gasteiger partial charge in [-0.1, -0.05) is 52.4 Å². The zero-order chi connectivity index (χ0) is 14.6. The van der Waals surface area contributed by atoms with E-state index < -0.39 is 5.79 Å². The molecule has 0 bridgehead atoms. The van der Waals surface area contributed by atoms with Gasteiger partial charge in [-0.05, 0) is 25.0 Å². The maximum atomic E-state index is 5.69. The molecule has 0 rings (SSSR count). The van der Waals surface area contributed by atoms with Crippen LogP contribution in [0.2, 0.25) is 0 Å². The highest BCUT2D eigenvalue weighted by Gasteiger charge is 2.36. The van der Waals surface area contributed by atoms with E-state index in [0.29, 0.717) is 5.92 Å². The van der Waals surface area contributed by atoms with Crippen molar-refractivity contribution in [1.29, 1.82) is 0 Å². The minimum atomic E-state index is -0.411. The molecule has 0 aromatic heterocycles. The van der Waals surface area contributed by atoms with Crippen LogP contribution in [0.4, 0.5) is 0 Å². The van der Waals surface area contributed by atoms with Crippen LogP contribution in [0, 0.1) is 5.92 Å². The monoisotopic (exact) mass is 290 g/mol. The molecule has 0 saturated heterocycles. The normalized spacial score (nSPS) is 13.7. The molecule has 0 fully saturated rings. The third-order valence-corrected chi connectivity index (χ3v) is 4.45. The Bertz CT molecular complexity index is 185. The highest BCUT2D eigenvalue weighted by atomic mass is 32.1. The molecule has 3 heteroatoms. The molecular weight excluding hydrogens is 256 g/mol. The van der Waals surface area contributed by atoms with Gasteiger partial charge in [0.2, 0.25) is 0 Å². The van der Waals surface area contributed by atoms with E-state index in [1.165, 1.54) is 44.9 Å². The highest BCUT2D eigenvalue weighted by Crippen LogP contribution is 2.33. The molecule has 0 aromatic rings. The van der Waals surface area contributed by atoms with Gasteiger partial charge >= 0.3 is 0 Å². The first kappa shape index (κ1) is 19.3. The van der Waals surface area contributed by atoms with Gasteiger partial charge in [0, 0.05) is 20.1 Å². The van der Waals surface area contributed by atoms with Crippen molar-refractivity contribution in [3.05, 3.63) is 0 Å². The third kappa shape index (κ3) is 7.01. The van der Waals surface area contributed by atoms with Gasteiger partial charge in [0.15, 0.2) is 5.79 Å². The maximum absolute atomic E-state index is 5.69. The van der Waals surface area contributed by atoms with E-state index in [-0.39, 0.29) is 0 Å². The van der Waals surface area contributed by atoms with Crippen molar-refractivity contribution < 1.29 is 9.47 Å². The van der Waals surface area contributed by atoms with Crippen LogP contribution in [0.25, 0.3) is 0 Å². The summed E-state index contributed by atoms with van der Waals surface area (Å²) in [5.41, 5.74) is 0. The minimum Gasteiger partial charge on any atom is -0.353 e. The van der Waals surface area contributed by atoms with E-state index in [1.807, 2.05) is 0 Å². The Morgan fingerprint density at radius 2 is 1.47 bits per heavy atom. The molecule has 0 aromatic carbocycles. The molecular formula is C16H34O2S. The van der Waals surface area contributed by atoms with Crippen LogP contribution in [0.1, 0.15) is 71.6 Å². The molecule has 116 valence electrons. The standard InChI is InChI=1S/C16H34O2S/c1-5-7-8-9-10-11-12-15(13-14-19)16(6-2,17-3)18-4/h15,19H,5-14H2,1-4H3. The van der Waals surface area contributed by atoms with Crippen LogP contribution in [0.5, 0.6) is 0 Å². The van der Waals surface area contributed by atoms with Gasteiger partial charge in [-0.3, -0.25) is 0 Å². The van der Waals surface area contributed by atoms with Gasteiger partial charge in [-0.2, -0.15) is 12.6 Å². The summed E-state index contributed by atoms with van der Waals surface area (Å²) in [5.74, 6) is 0.942. The lowest BCUT2D eigenvalue weighted by Crippen LogP contribution is -2.41. The average molecular weight is 291 g/mol. The molecule has 0 aliphatic heterocycles. The quantitative estimate of drug-likeness (QED) is 0.290. The van der Waals surface area contributed by atoms with Crippen LogP contribution >= 0.6 is 12.6 Å². The zero-order valence-corrected chi connectivity index (χ0v) is 14.3. The predicted octanol–water partition coefficient (Wildman–Crippen LogP) is 5.07. The van der Waals surface area contributed by atoms with Crippen molar-refractivity contribution in [3.8, 4) is 0 Å². The summed E-state index contributed by atoms with van der Waals surface area (Å²) in [7, 11) is 3.53. The van der Waals surface area contributed by atoms with E-state index in [0.717, 1.165) is 18.6 Å². The highest BCUT2D eigenvalue weighted by molar-refractivity contribution is 7.80. The van der Waals surface area contributed by atoms with Crippen molar-refractivity contribution in [2.24, 2.45) is 5.92 Å². The van der Waals surface area contributed by atoms with Gasteiger partial charge in [-0.15, -0.1) is 0 Å². The zero-order valence-electron chi connectivity index (χ0n) is 13.4. The summed E-state index contributed by atoms with van der Waals surface area (Å²) in [6, 6.07) is 0. The Morgan fingerprint density at radius 3 is 1.95 bits per heavy atom. The topological polar surface area (TPSA) is 18.5 Å². The van der Waals surface area contributed by atoms with Crippen LogP contribution in [-0.2, 0) is 9.47 Å². The average Bonchev–Trinajstić information content (AvgIpc) is 2.45. The van der Waals surface area contributed by atoms with Crippen molar-refractivity contribution in [1.82, 2.24) is 0 Å². The lowest BCUT2D eigenvalue weighted by Gasteiger charge is -2.37. The van der Waals surface area contributed by atoms with Crippen molar-refractivity contribution >= 4 is 12.6 Å². The number of hydrogen-bond donors (Lipinski definition) is 1. The molecule has 0 saturated carbocycles. The molecule has 0 aliphatic rings. The summed E-state index contributed by atoms with van der Waals surface area (Å²) in [6.07, 6.45) is 11.2. The molecule has 2 nitrogen and oxygen atoms in total. The van der Waals surface area contributed by atoms with E-state index >= 15 is 0 Å². The molecule has 0 radical (unpaired) electrons.